The number of fused-ring (bicyclic) bond motifs is 7. The molecule has 0 aromatic heterocycles. The molecule has 0 aliphatic heterocycles. The van der Waals surface area contributed by atoms with Gasteiger partial charge in [0.25, 0.3) is 0 Å². The van der Waals surface area contributed by atoms with E-state index in [-0.39, 0.29) is 0 Å². The highest BCUT2D eigenvalue weighted by atomic mass is 14.2. The lowest BCUT2D eigenvalue weighted by Crippen LogP contribution is -1.94. The molecule has 0 amide bonds. The van der Waals surface area contributed by atoms with Crippen molar-refractivity contribution in [2.24, 2.45) is 0 Å². The Kier molecular flexibility index (Phi) is 7.08. The quantitative estimate of drug-likeness (QED) is 0.137. The van der Waals surface area contributed by atoms with Crippen molar-refractivity contribution in [2.75, 3.05) is 0 Å². The van der Waals surface area contributed by atoms with E-state index in [0.717, 1.165) is 33.2 Å². The Balaban J connectivity index is 1.33. The lowest BCUT2D eigenvalue weighted by molar-refractivity contribution is 1.47. The van der Waals surface area contributed by atoms with E-state index < -0.39 is 0 Å². The summed E-state index contributed by atoms with van der Waals surface area (Å²) in [7, 11) is 0. The average molecular weight is 634 g/mol. The van der Waals surface area contributed by atoms with Gasteiger partial charge < -0.3 is 0 Å². The van der Waals surface area contributed by atoms with Crippen molar-refractivity contribution in [2.45, 2.75) is 0 Å². The Hall–Kier alpha value is -6.75. The number of hydrogen-bond donors (Lipinski definition) is 0. The molecule has 0 saturated heterocycles. The molecule has 0 bridgehead atoms. The molecule has 0 aliphatic carbocycles. The van der Waals surface area contributed by atoms with Crippen molar-refractivity contribution in [3.05, 3.63) is 205 Å². The summed E-state index contributed by atoms with van der Waals surface area (Å²) in [6, 6.07) is 62.6. The van der Waals surface area contributed by atoms with Crippen LogP contribution in [0.3, 0.4) is 0 Å². The predicted octanol–water partition coefficient (Wildman–Crippen LogP) is 13.1. The van der Waals surface area contributed by atoms with E-state index in [4.69, 9.17) is 6.58 Å². The van der Waals surface area contributed by atoms with Gasteiger partial charge in [-0.15, -0.1) is 0 Å². The van der Waals surface area contributed by atoms with Gasteiger partial charge in [0, 0.05) is 0 Å². The first kappa shape index (κ1) is 29.4. The molecule has 1 heteroatoms. The molecule has 0 unspecified atom stereocenters. The normalized spacial score (nSPS) is 11.8. The Morgan fingerprint density at radius 3 is 1.64 bits per heavy atom. The zero-order valence-corrected chi connectivity index (χ0v) is 27.4. The molecular weight excluding hydrogens is 603 g/mol. The maximum absolute atomic E-state index is 9.93. The van der Waals surface area contributed by atoms with Gasteiger partial charge in [0.1, 0.15) is 0 Å². The van der Waals surface area contributed by atoms with Crippen LogP contribution >= 0.6 is 0 Å². The predicted molar refractivity (Wildman–Crippen MR) is 213 cm³/mol. The number of hydrogen-bond acceptors (Lipinski definition) is 1. The van der Waals surface area contributed by atoms with Gasteiger partial charge in [-0.2, -0.15) is 5.26 Å². The maximum Gasteiger partial charge on any atom is 0.0991 e. The summed E-state index contributed by atoms with van der Waals surface area (Å²) < 4.78 is 0. The molecule has 0 aliphatic rings. The molecule has 9 aromatic carbocycles. The van der Waals surface area contributed by atoms with Gasteiger partial charge in [0.15, 0.2) is 0 Å². The second kappa shape index (κ2) is 12.0. The summed E-state index contributed by atoms with van der Waals surface area (Å²) in [5, 5.41) is 22.0. The third-order valence-electron chi connectivity index (χ3n) is 9.97. The van der Waals surface area contributed by atoms with Crippen LogP contribution in [0.5, 0.6) is 0 Å². The third-order valence-corrected chi connectivity index (χ3v) is 9.97. The highest BCUT2D eigenvalue weighted by Gasteiger charge is 2.17. The Morgan fingerprint density at radius 1 is 0.440 bits per heavy atom. The molecule has 50 heavy (non-hydrogen) atoms. The molecule has 0 atom stereocenters. The number of benzene rings is 9. The first-order valence-electron chi connectivity index (χ1n) is 16.9. The van der Waals surface area contributed by atoms with E-state index in [9.17, 15) is 5.26 Å². The number of nitrogens with zero attached hydrogens (tertiary/aromatic N) is 1. The number of allylic oxidation sites excluding steroid dienone is 2. The molecule has 0 saturated carbocycles. The highest BCUT2D eigenvalue weighted by molar-refractivity contribution is 6.17. The van der Waals surface area contributed by atoms with Gasteiger partial charge in [-0.25, -0.2) is 0 Å². The summed E-state index contributed by atoms with van der Waals surface area (Å²) in [5.74, 6) is 0. The third kappa shape index (κ3) is 4.95. The average Bonchev–Trinajstić information content (AvgIpc) is 3.19. The van der Waals surface area contributed by atoms with Crippen molar-refractivity contribution in [3.8, 4) is 17.2 Å². The smallest absolute Gasteiger partial charge is 0.0991 e. The van der Waals surface area contributed by atoms with Crippen molar-refractivity contribution in [3.63, 3.8) is 0 Å². The molecule has 0 heterocycles. The van der Waals surface area contributed by atoms with Crippen molar-refractivity contribution < 1.29 is 0 Å². The summed E-state index contributed by atoms with van der Waals surface area (Å²) in [6.07, 6.45) is 2.21. The van der Waals surface area contributed by atoms with E-state index in [1.807, 2.05) is 18.2 Å². The van der Waals surface area contributed by atoms with Crippen LogP contribution in [0.25, 0.3) is 76.1 Å². The largest absolute Gasteiger partial charge is 0.192 e. The fraction of sp³-hybridized carbons (Fsp3) is 0. The molecule has 9 rings (SSSR count). The minimum Gasteiger partial charge on any atom is -0.192 e. The van der Waals surface area contributed by atoms with Crippen molar-refractivity contribution in [1.82, 2.24) is 0 Å². The summed E-state index contributed by atoms with van der Waals surface area (Å²) in [4.78, 5) is 0. The fourth-order valence-corrected chi connectivity index (χ4v) is 7.63. The minimum absolute atomic E-state index is 0.622. The van der Waals surface area contributed by atoms with Crippen LogP contribution in [0, 0.1) is 11.3 Å². The Labute approximate surface area is 291 Å². The fourth-order valence-electron chi connectivity index (χ4n) is 7.63. The lowest BCUT2D eigenvalue weighted by atomic mass is 9.86. The molecule has 1 nitrogen and oxygen atoms in total. The van der Waals surface area contributed by atoms with Gasteiger partial charge in [-0.3, -0.25) is 0 Å². The van der Waals surface area contributed by atoms with Gasteiger partial charge in [0.2, 0.25) is 0 Å². The topological polar surface area (TPSA) is 23.8 Å². The highest BCUT2D eigenvalue weighted by Crippen LogP contribution is 2.41. The van der Waals surface area contributed by atoms with Crippen LogP contribution < -0.4 is 0 Å². The van der Waals surface area contributed by atoms with Crippen LogP contribution in [-0.2, 0) is 0 Å². The molecule has 0 fully saturated rings. The number of rotatable bonds is 5. The van der Waals surface area contributed by atoms with Crippen molar-refractivity contribution in [1.29, 1.82) is 5.26 Å². The maximum atomic E-state index is 9.93. The van der Waals surface area contributed by atoms with Gasteiger partial charge in [0.05, 0.1) is 11.6 Å². The van der Waals surface area contributed by atoms with Gasteiger partial charge in [-0.05, 0) is 135 Å². The van der Waals surface area contributed by atoms with Crippen LogP contribution in [0.1, 0.15) is 22.3 Å². The first-order chi connectivity index (χ1) is 24.7. The van der Waals surface area contributed by atoms with Crippen LogP contribution in [0.4, 0.5) is 0 Å². The Morgan fingerprint density at radius 2 is 0.960 bits per heavy atom. The summed E-state index contributed by atoms with van der Waals surface area (Å²) in [5.41, 5.74) is 8.05. The Bertz CT molecular complexity index is 2900. The summed E-state index contributed by atoms with van der Waals surface area (Å²) >= 11 is 0. The monoisotopic (exact) mass is 633 g/mol. The first-order valence-corrected chi connectivity index (χ1v) is 16.9. The van der Waals surface area contributed by atoms with Crippen LogP contribution in [0.2, 0.25) is 0 Å². The SMILES string of the molecule is C=C(/C=C(/c1cccc(C#N)c1)c1cc(-c2cc3ccccc3c3ccccc23)c2ccccc2c1)c1cc2ccccc2c2ccccc12. The molecular formula is C49H31N. The molecule has 0 N–H and O–H groups in total. The van der Waals surface area contributed by atoms with Gasteiger partial charge >= 0.3 is 0 Å². The van der Waals surface area contributed by atoms with Crippen molar-refractivity contribution >= 4 is 65.0 Å². The molecule has 0 radical (unpaired) electrons. The van der Waals surface area contributed by atoms with E-state index in [1.54, 1.807) is 0 Å². The lowest BCUT2D eigenvalue weighted by Gasteiger charge is -2.18. The number of nitriles is 1. The molecule has 232 valence electrons. The van der Waals surface area contributed by atoms with Gasteiger partial charge in [-0.1, -0.05) is 140 Å². The zero-order valence-electron chi connectivity index (χ0n) is 27.4. The van der Waals surface area contributed by atoms with Crippen LogP contribution in [-0.4, -0.2) is 0 Å². The second-order valence-electron chi connectivity index (χ2n) is 12.9. The zero-order chi connectivity index (χ0) is 33.6. The van der Waals surface area contributed by atoms with Crippen LogP contribution in [0.15, 0.2) is 183 Å². The van der Waals surface area contributed by atoms with E-state index in [1.165, 1.54) is 59.6 Å². The molecule has 0 spiro atoms. The van der Waals surface area contributed by atoms with E-state index in [2.05, 4.69) is 164 Å². The molecule has 9 aromatic rings. The van der Waals surface area contributed by atoms with E-state index in [0.29, 0.717) is 5.56 Å². The minimum atomic E-state index is 0.622. The van der Waals surface area contributed by atoms with E-state index >= 15 is 0 Å². The summed E-state index contributed by atoms with van der Waals surface area (Å²) in [6.45, 7) is 4.69. The second-order valence-corrected chi connectivity index (χ2v) is 12.9. The standard InChI is InChI=1S/C49H31N/c1-32(46-28-36-15-3-5-18-39(36)42-21-8-10-23-44(42)46)25-47(34-17-12-13-33(26-34)31-50)38-27-35-14-2-7-20-41(35)48(30-38)49-29-37-16-4-6-19-40(37)43-22-9-11-24-45(43)49/h2-30H,1H2/b47-25-.